The average Bonchev–Trinajstić information content (AvgIpc) is 2.75. The molecular formula is C22H32N4O3. The van der Waals surface area contributed by atoms with Crippen molar-refractivity contribution >= 4 is 5.96 Å². The summed E-state index contributed by atoms with van der Waals surface area (Å²) < 4.78 is 16.1. The molecule has 158 valence electrons. The first-order valence-corrected chi connectivity index (χ1v) is 9.48. The van der Waals surface area contributed by atoms with Gasteiger partial charge in [0.1, 0.15) is 5.75 Å². The summed E-state index contributed by atoms with van der Waals surface area (Å²) in [6.45, 7) is 1.33. The Hall–Kier alpha value is -2.93. The van der Waals surface area contributed by atoms with E-state index in [0.717, 1.165) is 34.3 Å². The third-order valence-corrected chi connectivity index (χ3v) is 4.70. The van der Waals surface area contributed by atoms with Crippen molar-refractivity contribution in [1.82, 2.24) is 15.5 Å². The summed E-state index contributed by atoms with van der Waals surface area (Å²) in [5.41, 5.74) is 2.25. The summed E-state index contributed by atoms with van der Waals surface area (Å²) in [5, 5.41) is 6.75. The zero-order valence-corrected chi connectivity index (χ0v) is 18.2. The topological polar surface area (TPSA) is 67.4 Å². The molecule has 2 N–H and O–H groups in total. The van der Waals surface area contributed by atoms with Gasteiger partial charge in [-0.25, -0.2) is 0 Å². The predicted octanol–water partition coefficient (Wildman–Crippen LogP) is 2.68. The van der Waals surface area contributed by atoms with E-state index in [-0.39, 0.29) is 6.04 Å². The molecule has 0 spiro atoms. The van der Waals surface area contributed by atoms with E-state index in [1.165, 1.54) is 0 Å². The van der Waals surface area contributed by atoms with Crippen molar-refractivity contribution in [2.45, 2.75) is 12.6 Å². The first-order valence-electron chi connectivity index (χ1n) is 9.48. The summed E-state index contributed by atoms with van der Waals surface area (Å²) >= 11 is 0. The zero-order chi connectivity index (χ0) is 21.2. The van der Waals surface area contributed by atoms with Crippen molar-refractivity contribution in [3.8, 4) is 17.2 Å². The lowest BCUT2D eigenvalue weighted by Gasteiger charge is -2.26. The quantitative estimate of drug-likeness (QED) is 0.498. The highest BCUT2D eigenvalue weighted by molar-refractivity contribution is 5.79. The second-order valence-electron chi connectivity index (χ2n) is 6.75. The van der Waals surface area contributed by atoms with Crippen molar-refractivity contribution in [3.63, 3.8) is 0 Å². The lowest BCUT2D eigenvalue weighted by molar-refractivity contribution is 0.295. The molecule has 0 aliphatic heterocycles. The van der Waals surface area contributed by atoms with Crippen LogP contribution in [-0.4, -0.2) is 59.9 Å². The maximum atomic E-state index is 5.45. The molecule has 0 bridgehead atoms. The number of aliphatic imine (C=N–C) groups is 1. The van der Waals surface area contributed by atoms with Gasteiger partial charge in [-0.15, -0.1) is 0 Å². The highest BCUT2D eigenvalue weighted by atomic mass is 16.5. The van der Waals surface area contributed by atoms with Crippen LogP contribution < -0.4 is 24.8 Å². The minimum absolute atomic E-state index is 0.130. The Labute approximate surface area is 173 Å². The van der Waals surface area contributed by atoms with Gasteiger partial charge in [0.05, 0.1) is 27.4 Å². The van der Waals surface area contributed by atoms with Crippen LogP contribution in [0.15, 0.2) is 47.5 Å². The Kier molecular flexibility index (Phi) is 8.61. The molecule has 7 nitrogen and oxygen atoms in total. The van der Waals surface area contributed by atoms with Gasteiger partial charge < -0.3 is 29.7 Å². The van der Waals surface area contributed by atoms with E-state index < -0.39 is 0 Å². The zero-order valence-electron chi connectivity index (χ0n) is 18.2. The number of guanidine groups is 1. The fourth-order valence-corrected chi connectivity index (χ4v) is 3.04. The number of likely N-dealkylation sites (N-methyl/N-ethyl adjacent to an activating group) is 1. The van der Waals surface area contributed by atoms with Crippen LogP contribution >= 0.6 is 0 Å². The summed E-state index contributed by atoms with van der Waals surface area (Å²) in [6.07, 6.45) is 0. The highest BCUT2D eigenvalue weighted by Gasteiger charge is 2.17. The lowest BCUT2D eigenvalue weighted by atomic mass is 10.1. The molecule has 2 aromatic carbocycles. The van der Waals surface area contributed by atoms with Gasteiger partial charge in [-0.05, 0) is 49.5 Å². The minimum atomic E-state index is 0.130. The number of hydrogen-bond acceptors (Lipinski definition) is 5. The number of methoxy groups -OCH3 is 3. The molecule has 0 aliphatic carbocycles. The molecule has 0 heterocycles. The Balaban J connectivity index is 2.02. The lowest BCUT2D eigenvalue weighted by Crippen LogP contribution is -2.41. The van der Waals surface area contributed by atoms with Gasteiger partial charge in [0.15, 0.2) is 17.5 Å². The number of benzene rings is 2. The van der Waals surface area contributed by atoms with E-state index in [1.807, 2.05) is 30.3 Å². The molecule has 0 radical (unpaired) electrons. The Morgan fingerprint density at radius 2 is 1.72 bits per heavy atom. The highest BCUT2D eigenvalue weighted by Crippen LogP contribution is 2.31. The molecule has 0 aromatic heterocycles. The molecule has 0 saturated carbocycles. The average molecular weight is 401 g/mol. The fourth-order valence-electron chi connectivity index (χ4n) is 3.04. The molecule has 1 unspecified atom stereocenters. The number of ether oxygens (including phenoxy) is 3. The van der Waals surface area contributed by atoms with Crippen LogP contribution in [0.25, 0.3) is 0 Å². The molecule has 2 aromatic rings. The maximum Gasteiger partial charge on any atom is 0.191 e. The largest absolute Gasteiger partial charge is 0.497 e. The third kappa shape index (κ3) is 6.29. The smallest absolute Gasteiger partial charge is 0.191 e. The van der Waals surface area contributed by atoms with Crippen LogP contribution in [-0.2, 0) is 6.54 Å². The van der Waals surface area contributed by atoms with Gasteiger partial charge in [-0.1, -0.05) is 18.2 Å². The maximum absolute atomic E-state index is 5.45. The molecular weight excluding hydrogens is 368 g/mol. The van der Waals surface area contributed by atoms with Gasteiger partial charge in [0, 0.05) is 20.1 Å². The van der Waals surface area contributed by atoms with E-state index in [9.17, 15) is 0 Å². The van der Waals surface area contributed by atoms with E-state index in [2.05, 4.69) is 46.8 Å². The van der Waals surface area contributed by atoms with Gasteiger partial charge in [0.2, 0.25) is 0 Å². The first kappa shape index (κ1) is 22.4. The van der Waals surface area contributed by atoms with Gasteiger partial charge in [0.25, 0.3) is 0 Å². The molecule has 0 saturated heterocycles. The normalized spacial score (nSPS) is 12.4. The van der Waals surface area contributed by atoms with E-state index in [0.29, 0.717) is 13.1 Å². The van der Waals surface area contributed by atoms with Crippen LogP contribution in [0.1, 0.15) is 17.2 Å². The summed E-state index contributed by atoms with van der Waals surface area (Å²) in [4.78, 5) is 6.49. The van der Waals surface area contributed by atoms with Crippen molar-refractivity contribution < 1.29 is 14.2 Å². The third-order valence-electron chi connectivity index (χ3n) is 4.70. The monoisotopic (exact) mass is 400 g/mol. The number of nitrogens with zero attached hydrogens (tertiary/aromatic N) is 2. The van der Waals surface area contributed by atoms with Crippen LogP contribution in [0.4, 0.5) is 0 Å². The molecule has 29 heavy (non-hydrogen) atoms. The molecule has 7 heteroatoms. The Morgan fingerprint density at radius 1 is 0.966 bits per heavy atom. The van der Waals surface area contributed by atoms with E-state index >= 15 is 0 Å². The molecule has 0 amide bonds. The van der Waals surface area contributed by atoms with Gasteiger partial charge >= 0.3 is 0 Å². The second-order valence-corrected chi connectivity index (χ2v) is 6.75. The SMILES string of the molecule is CN=C(NCc1cccc(OC)c1)NCC(c1ccc(OC)c(OC)c1)N(C)C. The second kappa shape index (κ2) is 11.2. The van der Waals surface area contributed by atoms with Crippen molar-refractivity contribution in [2.75, 3.05) is 49.0 Å². The fraction of sp³-hybridized carbons (Fsp3) is 0.409. The Morgan fingerprint density at radius 3 is 2.34 bits per heavy atom. The van der Waals surface area contributed by atoms with Crippen molar-refractivity contribution in [1.29, 1.82) is 0 Å². The summed E-state index contributed by atoms with van der Waals surface area (Å²) in [5.74, 6) is 3.02. The van der Waals surface area contributed by atoms with Crippen LogP contribution in [0.5, 0.6) is 17.2 Å². The summed E-state index contributed by atoms with van der Waals surface area (Å²) in [7, 11) is 10.8. The van der Waals surface area contributed by atoms with E-state index in [1.54, 1.807) is 28.4 Å². The predicted molar refractivity (Wildman–Crippen MR) is 117 cm³/mol. The van der Waals surface area contributed by atoms with Crippen LogP contribution in [0.2, 0.25) is 0 Å². The van der Waals surface area contributed by atoms with Crippen molar-refractivity contribution in [3.05, 3.63) is 53.6 Å². The molecule has 2 rings (SSSR count). The minimum Gasteiger partial charge on any atom is -0.497 e. The first-order chi connectivity index (χ1) is 14.0. The van der Waals surface area contributed by atoms with Crippen molar-refractivity contribution in [2.24, 2.45) is 4.99 Å². The van der Waals surface area contributed by atoms with Gasteiger partial charge in [-0.2, -0.15) is 0 Å². The standard InChI is InChI=1S/C22H32N4O3/c1-23-22(24-14-16-8-7-9-18(12-16)27-4)25-15-19(26(2)3)17-10-11-20(28-5)21(13-17)29-6/h7-13,19H,14-15H2,1-6H3,(H2,23,24,25). The molecule has 0 aliphatic rings. The number of hydrogen-bond donors (Lipinski definition) is 2. The van der Waals surface area contributed by atoms with Crippen LogP contribution in [0, 0.1) is 0 Å². The van der Waals surface area contributed by atoms with Crippen LogP contribution in [0.3, 0.4) is 0 Å². The molecule has 1 atom stereocenters. The summed E-state index contributed by atoms with van der Waals surface area (Å²) in [6, 6.07) is 14.1. The molecule has 0 fully saturated rings. The number of rotatable bonds is 9. The van der Waals surface area contributed by atoms with E-state index in [4.69, 9.17) is 14.2 Å². The van der Waals surface area contributed by atoms with Gasteiger partial charge in [-0.3, -0.25) is 4.99 Å². The Bertz CT molecular complexity index is 808. The number of nitrogens with one attached hydrogen (secondary N) is 2.